The fourth-order valence-corrected chi connectivity index (χ4v) is 2.97. The number of nitrogens with zero attached hydrogens (tertiary/aromatic N) is 3. The van der Waals surface area contributed by atoms with Gasteiger partial charge >= 0.3 is 0 Å². The van der Waals surface area contributed by atoms with Crippen molar-refractivity contribution < 1.29 is 13.2 Å². The molecule has 0 bridgehead atoms. The lowest BCUT2D eigenvalue weighted by molar-refractivity contribution is -0.133. The normalized spacial score (nSPS) is 19.7. The summed E-state index contributed by atoms with van der Waals surface area (Å²) in [6.45, 7) is 1.80. The SMILES string of the molecule is CS(=O)(=O)NCC1CCCN(C(=O)Cn2cc(N)cn2)C1. The molecule has 1 fully saturated rings. The van der Waals surface area contributed by atoms with Crippen LogP contribution in [0.3, 0.4) is 0 Å². The van der Waals surface area contributed by atoms with E-state index in [9.17, 15) is 13.2 Å². The number of hydrogen-bond acceptors (Lipinski definition) is 5. The van der Waals surface area contributed by atoms with Gasteiger partial charge in [0.2, 0.25) is 15.9 Å². The predicted octanol–water partition coefficient (Wildman–Crippen LogP) is -0.747. The first-order chi connectivity index (χ1) is 9.83. The quantitative estimate of drug-likeness (QED) is 0.743. The van der Waals surface area contributed by atoms with Crippen LogP contribution in [-0.4, -0.2) is 54.9 Å². The highest BCUT2D eigenvalue weighted by Crippen LogP contribution is 2.16. The van der Waals surface area contributed by atoms with Crippen molar-refractivity contribution in [3.8, 4) is 0 Å². The highest BCUT2D eigenvalue weighted by atomic mass is 32.2. The van der Waals surface area contributed by atoms with Crippen molar-refractivity contribution in [2.45, 2.75) is 19.4 Å². The maximum Gasteiger partial charge on any atom is 0.244 e. The molecule has 1 unspecified atom stereocenters. The van der Waals surface area contributed by atoms with E-state index >= 15 is 0 Å². The van der Waals surface area contributed by atoms with E-state index in [4.69, 9.17) is 5.73 Å². The summed E-state index contributed by atoms with van der Waals surface area (Å²) < 4.78 is 26.2. The summed E-state index contributed by atoms with van der Waals surface area (Å²) in [6.07, 6.45) is 6.05. The number of nitrogen functional groups attached to an aromatic ring is 1. The lowest BCUT2D eigenvalue weighted by atomic mass is 9.98. The summed E-state index contributed by atoms with van der Waals surface area (Å²) in [5.74, 6) is 0.127. The highest BCUT2D eigenvalue weighted by molar-refractivity contribution is 7.88. The van der Waals surface area contributed by atoms with Crippen LogP contribution in [0, 0.1) is 5.92 Å². The Balaban J connectivity index is 1.86. The van der Waals surface area contributed by atoms with Gasteiger partial charge < -0.3 is 10.6 Å². The number of hydrogen-bond donors (Lipinski definition) is 2. The number of likely N-dealkylation sites (tertiary alicyclic amines) is 1. The molecule has 1 aromatic heterocycles. The van der Waals surface area contributed by atoms with Gasteiger partial charge in [-0.05, 0) is 18.8 Å². The summed E-state index contributed by atoms with van der Waals surface area (Å²) >= 11 is 0. The topological polar surface area (TPSA) is 110 Å². The van der Waals surface area contributed by atoms with Crippen LogP contribution in [0.15, 0.2) is 12.4 Å². The molecular formula is C12H21N5O3S. The van der Waals surface area contributed by atoms with E-state index in [0.717, 1.165) is 19.1 Å². The molecule has 0 saturated carbocycles. The van der Waals surface area contributed by atoms with E-state index in [-0.39, 0.29) is 18.4 Å². The van der Waals surface area contributed by atoms with Crippen molar-refractivity contribution in [2.24, 2.45) is 5.92 Å². The van der Waals surface area contributed by atoms with Gasteiger partial charge in [-0.2, -0.15) is 5.10 Å². The Morgan fingerprint density at radius 2 is 2.33 bits per heavy atom. The average Bonchev–Trinajstić information content (AvgIpc) is 2.81. The standard InChI is InChI=1S/C12H21N5O3S/c1-21(19,20)15-5-10-3-2-4-16(7-10)12(18)9-17-8-11(13)6-14-17/h6,8,10,15H,2-5,7,9,13H2,1H3. The smallest absolute Gasteiger partial charge is 0.244 e. The predicted molar refractivity (Wildman–Crippen MR) is 78.8 cm³/mol. The van der Waals surface area contributed by atoms with Gasteiger partial charge in [0.05, 0.1) is 18.1 Å². The Labute approximate surface area is 124 Å². The maximum absolute atomic E-state index is 12.2. The molecule has 21 heavy (non-hydrogen) atoms. The van der Waals surface area contributed by atoms with Crippen molar-refractivity contribution in [1.29, 1.82) is 0 Å². The molecule has 0 radical (unpaired) electrons. The van der Waals surface area contributed by atoms with Crippen molar-refractivity contribution in [3.05, 3.63) is 12.4 Å². The molecule has 118 valence electrons. The minimum Gasteiger partial charge on any atom is -0.396 e. The van der Waals surface area contributed by atoms with Gasteiger partial charge in [0.15, 0.2) is 0 Å². The Bertz CT molecular complexity index is 598. The van der Waals surface area contributed by atoms with Crippen LogP contribution in [0.5, 0.6) is 0 Å². The van der Waals surface area contributed by atoms with E-state index in [0.29, 0.717) is 25.3 Å². The number of carbonyl (C=O) groups is 1. The minimum absolute atomic E-state index is 0.0258. The van der Waals surface area contributed by atoms with E-state index < -0.39 is 10.0 Å². The number of sulfonamides is 1. The molecule has 1 saturated heterocycles. The first-order valence-electron chi connectivity index (χ1n) is 6.84. The molecule has 1 aliphatic heterocycles. The number of nitrogens with two attached hydrogens (primary N) is 1. The number of aromatic nitrogens is 2. The first-order valence-corrected chi connectivity index (χ1v) is 8.73. The molecule has 2 rings (SSSR count). The van der Waals surface area contributed by atoms with Crippen molar-refractivity contribution in [3.63, 3.8) is 0 Å². The summed E-state index contributed by atoms with van der Waals surface area (Å²) in [4.78, 5) is 14.0. The second-order valence-electron chi connectivity index (χ2n) is 5.44. The fourth-order valence-electron chi connectivity index (χ4n) is 2.43. The molecule has 0 aromatic carbocycles. The number of nitrogens with one attached hydrogen (secondary N) is 1. The molecule has 1 atom stereocenters. The van der Waals surface area contributed by atoms with Crippen LogP contribution >= 0.6 is 0 Å². The molecule has 0 spiro atoms. The largest absolute Gasteiger partial charge is 0.396 e. The van der Waals surface area contributed by atoms with Gasteiger partial charge in [0.25, 0.3) is 0 Å². The Hall–Kier alpha value is -1.61. The summed E-state index contributed by atoms with van der Waals surface area (Å²) in [6, 6.07) is 0. The third-order valence-electron chi connectivity index (χ3n) is 3.46. The monoisotopic (exact) mass is 315 g/mol. The molecular weight excluding hydrogens is 294 g/mol. The van der Waals surface area contributed by atoms with Gasteiger partial charge in [-0.25, -0.2) is 13.1 Å². The van der Waals surface area contributed by atoms with E-state index in [1.54, 1.807) is 11.1 Å². The minimum atomic E-state index is -3.19. The zero-order valence-electron chi connectivity index (χ0n) is 12.0. The Kier molecular flexibility index (Phi) is 4.84. The molecule has 1 aliphatic rings. The van der Waals surface area contributed by atoms with Crippen molar-refractivity contribution in [1.82, 2.24) is 19.4 Å². The molecule has 9 heteroatoms. The van der Waals surface area contributed by atoms with Crippen LogP contribution in [-0.2, 0) is 21.4 Å². The maximum atomic E-state index is 12.2. The lowest BCUT2D eigenvalue weighted by Gasteiger charge is -2.32. The third kappa shape index (κ3) is 5.01. The first kappa shape index (κ1) is 15.8. The zero-order valence-corrected chi connectivity index (χ0v) is 12.8. The second-order valence-corrected chi connectivity index (χ2v) is 7.27. The van der Waals surface area contributed by atoms with Gasteiger partial charge in [-0.15, -0.1) is 0 Å². The molecule has 0 aliphatic carbocycles. The number of rotatable bonds is 5. The van der Waals surface area contributed by atoms with E-state index in [1.165, 1.54) is 10.9 Å². The second kappa shape index (κ2) is 6.44. The third-order valence-corrected chi connectivity index (χ3v) is 4.15. The Morgan fingerprint density at radius 3 is 2.95 bits per heavy atom. The molecule has 1 amide bonds. The zero-order chi connectivity index (χ0) is 15.5. The number of piperidine rings is 1. The number of anilines is 1. The van der Waals surface area contributed by atoms with Gasteiger partial charge in [0, 0.05) is 25.8 Å². The fraction of sp³-hybridized carbons (Fsp3) is 0.667. The van der Waals surface area contributed by atoms with Crippen molar-refractivity contribution in [2.75, 3.05) is 31.6 Å². The van der Waals surface area contributed by atoms with Gasteiger partial charge in [0.1, 0.15) is 6.54 Å². The summed E-state index contributed by atoms with van der Waals surface area (Å²) in [7, 11) is -3.19. The van der Waals surface area contributed by atoms with E-state index in [1.807, 2.05) is 0 Å². The van der Waals surface area contributed by atoms with Crippen LogP contribution in [0.25, 0.3) is 0 Å². The summed E-state index contributed by atoms with van der Waals surface area (Å²) in [5, 5.41) is 3.99. The van der Waals surface area contributed by atoms with Crippen LogP contribution < -0.4 is 10.5 Å². The van der Waals surface area contributed by atoms with Crippen molar-refractivity contribution >= 4 is 21.6 Å². The molecule has 2 heterocycles. The van der Waals surface area contributed by atoms with Gasteiger partial charge in [-0.3, -0.25) is 9.48 Å². The number of carbonyl (C=O) groups excluding carboxylic acids is 1. The van der Waals surface area contributed by atoms with Crippen LogP contribution in [0.4, 0.5) is 5.69 Å². The van der Waals surface area contributed by atoms with Crippen LogP contribution in [0.2, 0.25) is 0 Å². The van der Waals surface area contributed by atoms with E-state index in [2.05, 4.69) is 9.82 Å². The Morgan fingerprint density at radius 1 is 1.57 bits per heavy atom. The van der Waals surface area contributed by atoms with Gasteiger partial charge in [-0.1, -0.05) is 0 Å². The average molecular weight is 315 g/mol. The van der Waals surface area contributed by atoms with Crippen LogP contribution in [0.1, 0.15) is 12.8 Å². The summed E-state index contributed by atoms with van der Waals surface area (Å²) in [5.41, 5.74) is 6.09. The molecule has 1 aromatic rings. The molecule has 8 nitrogen and oxygen atoms in total. The highest BCUT2D eigenvalue weighted by Gasteiger charge is 2.24. The molecule has 3 N–H and O–H groups in total. The lowest BCUT2D eigenvalue weighted by Crippen LogP contribution is -2.44. The number of amides is 1.